The van der Waals surface area contributed by atoms with E-state index in [1.54, 1.807) is 0 Å². The molecule has 110 valence electrons. The fourth-order valence-electron chi connectivity index (χ4n) is 1.79. The predicted molar refractivity (Wildman–Crippen MR) is 71.2 cm³/mol. The number of carboxylic acids is 1. The molecule has 0 unspecified atom stereocenters. The van der Waals surface area contributed by atoms with Gasteiger partial charge >= 0.3 is 5.97 Å². The summed E-state index contributed by atoms with van der Waals surface area (Å²) in [5.41, 5.74) is -1.29. The van der Waals surface area contributed by atoms with Gasteiger partial charge in [0.2, 0.25) is 0 Å². The van der Waals surface area contributed by atoms with Gasteiger partial charge in [-0.1, -0.05) is 0 Å². The molecule has 0 spiro atoms. The molecule has 1 N–H and O–H groups in total. The van der Waals surface area contributed by atoms with Crippen LogP contribution in [0.1, 0.15) is 16.1 Å². The summed E-state index contributed by atoms with van der Waals surface area (Å²) in [6.07, 6.45) is 0.920. The minimum atomic E-state index is -1.43. The first-order valence-corrected chi connectivity index (χ1v) is 6.30. The van der Waals surface area contributed by atoms with Gasteiger partial charge in [0, 0.05) is 11.6 Å². The topological polar surface area (TPSA) is 85.4 Å². The van der Waals surface area contributed by atoms with Gasteiger partial charge in [-0.3, -0.25) is 10.1 Å². The van der Waals surface area contributed by atoms with Gasteiger partial charge in [0.1, 0.15) is 17.3 Å². The Kier molecular flexibility index (Phi) is 4.03. The quantitative estimate of drug-likeness (QED) is 0.515. The number of halogens is 3. The Hall–Kier alpha value is -2.29. The average Bonchev–Trinajstić information content (AvgIpc) is 2.83. The summed E-state index contributed by atoms with van der Waals surface area (Å²) >= 11 is 2.89. The molecule has 0 atom stereocenters. The molecule has 2 rings (SSSR count). The molecule has 9 heteroatoms. The zero-order valence-corrected chi connectivity index (χ0v) is 11.8. The Labute approximate surface area is 124 Å². The number of aromatic carboxylic acids is 1. The molecule has 0 aliphatic rings. The standard InChI is InChI=1S/C12H7BrF2N2O4/c13-8-1-2-9(14)7(11(8)15)5-16-4-6(17(20)21)3-10(16)12(18)19/h1-4H,5H2,(H,18,19). The monoisotopic (exact) mass is 360 g/mol. The molecule has 1 aromatic carbocycles. The summed E-state index contributed by atoms with van der Waals surface area (Å²) in [4.78, 5) is 20.9. The van der Waals surface area contributed by atoms with E-state index in [9.17, 15) is 23.7 Å². The van der Waals surface area contributed by atoms with Crippen molar-refractivity contribution in [3.05, 3.63) is 61.9 Å². The minimum absolute atomic E-state index is 0.0115. The molecule has 0 amide bonds. The van der Waals surface area contributed by atoms with Crippen LogP contribution >= 0.6 is 15.9 Å². The van der Waals surface area contributed by atoms with E-state index >= 15 is 0 Å². The zero-order chi connectivity index (χ0) is 15.7. The number of carbonyl (C=O) groups is 1. The number of nitrogens with zero attached hydrogens (tertiary/aromatic N) is 2. The second-order valence-electron chi connectivity index (χ2n) is 4.10. The molecule has 0 aliphatic carbocycles. The van der Waals surface area contributed by atoms with Crippen LogP contribution in [0.4, 0.5) is 14.5 Å². The van der Waals surface area contributed by atoms with Crippen LogP contribution in [0, 0.1) is 21.7 Å². The first-order valence-electron chi connectivity index (χ1n) is 5.51. The molecule has 0 fully saturated rings. The van der Waals surface area contributed by atoms with E-state index in [-0.39, 0.29) is 4.47 Å². The van der Waals surface area contributed by atoms with Gasteiger partial charge in [0.05, 0.1) is 22.1 Å². The molecule has 2 aromatic rings. The van der Waals surface area contributed by atoms with E-state index in [4.69, 9.17) is 5.11 Å². The van der Waals surface area contributed by atoms with E-state index < -0.39 is 46.0 Å². The van der Waals surface area contributed by atoms with Gasteiger partial charge in [0.15, 0.2) is 0 Å². The number of hydrogen-bond acceptors (Lipinski definition) is 3. The third kappa shape index (κ3) is 2.92. The predicted octanol–water partition coefficient (Wildman–Crippen LogP) is 3.18. The Morgan fingerprint density at radius 2 is 2.10 bits per heavy atom. The summed E-state index contributed by atoms with van der Waals surface area (Å²) in [7, 11) is 0. The minimum Gasteiger partial charge on any atom is -0.477 e. The normalized spacial score (nSPS) is 10.6. The van der Waals surface area contributed by atoms with Crippen molar-refractivity contribution >= 4 is 27.6 Å². The largest absolute Gasteiger partial charge is 0.477 e. The maximum absolute atomic E-state index is 13.9. The number of nitro groups is 1. The van der Waals surface area contributed by atoms with Crippen molar-refractivity contribution in [3.8, 4) is 0 Å². The van der Waals surface area contributed by atoms with E-state index in [0.29, 0.717) is 0 Å². The summed E-state index contributed by atoms with van der Waals surface area (Å²) in [5.74, 6) is -3.19. The molecule has 0 aliphatic heterocycles. The number of hydrogen-bond donors (Lipinski definition) is 1. The van der Waals surface area contributed by atoms with Gasteiger partial charge in [-0.25, -0.2) is 13.6 Å². The molecule has 1 heterocycles. The van der Waals surface area contributed by atoms with Gasteiger partial charge in [-0.05, 0) is 28.1 Å². The van der Waals surface area contributed by atoms with Crippen molar-refractivity contribution in [1.29, 1.82) is 0 Å². The van der Waals surface area contributed by atoms with Crippen molar-refractivity contribution in [2.24, 2.45) is 0 Å². The Morgan fingerprint density at radius 3 is 2.67 bits per heavy atom. The Balaban J connectivity index is 2.51. The van der Waals surface area contributed by atoms with Crippen molar-refractivity contribution in [2.45, 2.75) is 6.54 Å². The number of benzene rings is 1. The van der Waals surface area contributed by atoms with E-state index in [1.807, 2.05) is 0 Å². The van der Waals surface area contributed by atoms with Crippen LogP contribution in [0.25, 0.3) is 0 Å². The van der Waals surface area contributed by atoms with Crippen molar-refractivity contribution in [1.82, 2.24) is 4.57 Å². The van der Waals surface area contributed by atoms with Gasteiger partial charge < -0.3 is 9.67 Å². The van der Waals surface area contributed by atoms with Crippen LogP contribution in [-0.4, -0.2) is 20.6 Å². The second-order valence-corrected chi connectivity index (χ2v) is 4.95. The fraction of sp³-hybridized carbons (Fsp3) is 0.0833. The second kappa shape index (κ2) is 5.60. The highest BCUT2D eigenvalue weighted by molar-refractivity contribution is 9.10. The van der Waals surface area contributed by atoms with Gasteiger partial charge in [0.25, 0.3) is 5.69 Å². The van der Waals surface area contributed by atoms with Gasteiger partial charge in [-0.15, -0.1) is 0 Å². The lowest BCUT2D eigenvalue weighted by Crippen LogP contribution is -2.11. The molecule has 1 aromatic heterocycles. The summed E-state index contributed by atoms with van der Waals surface area (Å²) in [6, 6.07) is 3.02. The molecule has 0 radical (unpaired) electrons. The third-order valence-corrected chi connectivity index (χ3v) is 3.39. The molecule has 0 bridgehead atoms. The maximum atomic E-state index is 13.9. The fourth-order valence-corrected chi connectivity index (χ4v) is 2.16. The van der Waals surface area contributed by atoms with Gasteiger partial charge in [-0.2, -0.15) is 0 Å². The first kappa shape index (κ1) is 15.1. The van der Waals surface area contributed by atoms with E-state index in [1.165, 1.54) is 6.07 Å². The highest BCUT2D eigenvalue weighted by Gasteiger charge is 2.21. The Bertz CT molecular complexity index is 745. The molecule has 0 saturated heterocycles. The molecular weight excluding hydrogens is 354 g/mol. The summed E-state index contributed by atoms with van der Waals surface area (Å²) < 4.78 is 28.4. The zero-order valence-electron chi connectivity index (χ0n) is 10.2. The number of rotatable bonds is 4. The number of aromatic nitrogens is 1. The van der Waals surface area contributed by atoms with Crippen LogP contribution < -0.4 is 0 Å². The summed E-state index contributed by atoms with van der Waals surface area (Å²) in [6.45, 7) is -0.480. The van der Waals surface area contributed by atoms with E-state index in [0.717, 1.165) is 22.9 Å². The van der Waals surface area contributed by atoms with Crippen LogP contribution in [-0.2, 0) is 6.54 Å². The van der Waals surface area contributed by atoms with Crippen LogP contribution in [0.2, 0.25) is 0 Å². The molecule has 21 heavy (non-hydrogen) atoms. The maximum Gasteiger partial charge on any atom is 0.352 e. The lowest BCUT2D eigenvalue weighted by molar-refractivity contribution is -0.384. The highest BCUT2D eigenvalue weighted by atomic mass is 79.9. The van der Waals surface area contributed by atoms with Crippen LogP contribution in [0.3, 0.4) is 0 Å². The third-order valence-electron chi connectivity index (χ3n) is 2.78. The Morgan fingerprint density at radius 1 is 1.43 bits per heavy atom. The lowest BCUT2D eigenvalue weighted by atomic mass is 10.2. The van der Waals surface area contributed by atoms with Crippen molar-refractivity contribution < 1.29 is 23.6 Å². The van der Waals surface area contributed by atoms with Crippen LogP contribution in [0.15, 0.2) is 28.9 Å². The van der Waals surface area contributed by atoms with Crippen molar-refractivity contribution in [2.75, 3.05) is 0 Å². The molecular formula is C12H7BrF2N2O4. The number of carboxylic acid groups (broad SMARTS) is 1. The molecule has 0 saturated carbocycles. The SMILES string of the molecule is O=C(O)c1cc([N+](=O)[O-])cn1Cc1c(F)ccc(Br)c1F. The van der Waals surface area contributed by atoms with Crippen LogP contribution in [0.5, 0.6) is 0 Å². The first-order chi connectivity index (χ1) is 9.81. The highest BCUT2D eigenvalue weighted by Crippen LogP contribution is 2.24. The smallest absolute Gasteiger partial charge is 0.352 e. The average molecular weight is 361 g/mol. The lowest BCUT2D eigenvalue weighted by Gasteiger charge is -2.09. The molecule has 6 nitrogen and oxygen atoms in total. The van der Waals surface area contributed by atoms with Crippen molar-refractivity contribution in [3.63, 3.8) is 0 Å². The van der Waals surface area contributed by atoms with E-state index in [2.05, 4.69) is 15.9 Å². The summed E-state index contributed by atoms with van der Waals surface area (Å²) in [5, 5.41) is 19.7.